The zero-order chi connectivity index (χ0) is 8.39. The standard InChI is InChI=1S/C8H6N4/c9-5-7-2-1-6-3-4-10-12-8(6)11-7/h1-4,10H,(H,11,12). The molecule has 0 fully saturated rings. The second kappa shape index (κ2) is 2.55. The van der Waals surface area contributed by atoms with E-state index in [0.29, 0.717) is 11.5 Å². The highest BCUT2D eigenvalue weighted by atomic mass is 15.4. The van der Waals surface area contributed by atoms with Gasteiger partial charge in [-0.2, -0.15) is 5.26 Å². The molecule has 2 heterocycles. The monoisotopic (exact) mass is 158 g/mol. The van der Waals surface area contributed by atoms with E-state index in [2.05, 4.69) is 15.8 Å². The Morgan fingerprint density at radius 1 is 1.42 bits per heavy atom. The predicted octanol–water partition coefficient (Wildman–Crippen LogP) is 0.854. The number of anilines is 1. The third kappa shape index (κ3) is 0.974. The lowest BCUT2D eigenvalue weighted by Gasteiger charge is -2.12. The number of nitriles is 1. The molecule has 0 aromatic carbocycles. The summed E-state index contributed by atoms with van der Waals surface area (Å²) in [6, 6.07) is 5.52. The van der Waals surface area contributed by atoms with Crippen molar-refractivity contribution in [2.45, 2.75) is 0 Å². The molecule has 1 aliphatic heterocycles. The van der Waals surface area contributed by atoms with Crippen LogP contribution in [0.4, 0.5) is 5.82 Å². The van der Waals surface area contributed by atoms with Crippen LogP contribution in [0.25, 0.3) is 6.08 Å². The van der Waals surface area contributed by atoms with Gasteiger partial charge in [-0.15, -0.1) is 0 Å². The summed E-state index contributed by atoms with van der Waals surface area (Å²) in [5, 5.41) is 8.56. The number of hydrazine groups is 1. The van der Waals surface area contributed by atoms with Crippen LogP contribution in [0.5, 0.6) is 0 Å². The molecule has 0 saturated carbocycles. The lowest BCUT2D eigenvalue weighted by Crippen LogP contribution is -2.19. The maximum Gasteiger partial charge on any atom is 0.153 e. The number of hydrogen-bond acceptors (Lipinski definition) is 4. The highest BCUT2D eigenvalue weighted by Crippen LogP contribution is 2.16. The number of aromatic nitrogens is 1. The molecule has 2 rings (SSSR count). The first kappa shape index (κ1) is 6.68. The Morgan fingerprint density at radius 2 is 2.33 bits per heavy atom. The lowest BCUT2D eigenvalue weighted by molar-refractivity contribution is 1.01. The van der Waals surface area contributed by atoms with Gasteiger partial charge in [0.1, 0.15) is 11.8 Å². The zero-order valence-electron chi connectivity index (χ0n) is 6.20. The molecular formula is C8H6N4. The highest BCUT2D eigenvalue weighted by molar-refractivity contribution is 5.65. The van der Waals surface area contributed by atoms with E-state index in [0.717, 1.165) is 5.56 Å². The molecule has 0 aliphatic carbocycles. The third-order valence-corrected chi connectivity index (χ3v) is 1.58. The molecule has 0 bridgehead atoms. The fourth-order valence-corrected chi connectivity index (χ4v) is 1.01. The first-order valence-corrected chi connectivity index (χ1v) is 3.49. The van der Waals surface area contributed by atoms with Crippen LogP contribution in [0, 0.1) is 11.3 Å². The van der Waals surface area contributed by atoms with Crippen molar-refractivity contribution in [3.05, 3.63) is 29.6 Å². The van der Waals surface area contributed by atoms with Gasteiger partial charge in [-0.3, -0.25) is 5.43 Å². The quantitative estimate of drug-likeness (QED) is 0.587. The van der Waals surface area contributed by atoms with Gasteiger partial charge in [-0.05, 0) is 18.2 Å². The zero-order valence-corrected chi connectivity index (χ0v) is 6.20. The normalized spacial score (nSPS) is 12.2. The average molecular weight is 158 g/mol. The minimum absolute atomic E-state index is 0.415. The summed E-state index contributed by atoms with van der Waals surface area (Å²) < 4.78 is 0. The number of nitrogens with zero attached hydrogens (tertiary/aromatic N) is 2. The lowest BCUT2D eigenvalue weighted by atomic mass is 10.2. The van der Waals surface area contributed by atoms with Crippen molar-refractivity contribution in [3.63, 3.8) is 0 Å². The van der Waals surface area contributed by atoms with Crippen molar-refractivity contribution in [2.24, 2.45) is 0 Å². The molecule has 1 aromatic heterocycles. The maximum absolute atomic E-state index is 8.56. The highest BCUT2D eigenvalue weighted by Gasteiger charge is 2.04. The van der Waals surface area contributed by atoms with Crippen molar-refractivity contribution in [3.8, 4) is 6.07 Å². The van der Waals surface area contributed by atoms with Gasteiger partial charge in [-0.25, -0.2) is 4.98 Å². The van der Waals surface area contributed by atoms with Gasteiger partial charge < -0.3 is 5.43 Å². The summed E-state index contributed by atoms with van der Waals surface area (Å²) in [6.07, 6.45) is 3.66. The molecule has 4 heteroatoms. The van der Waals surface area contributed by atoms with E-state index >= 15 is 0 Å². The number of pyridine rings is 1. The maximum atomic E-state index is 8.56. The van der Waals surface area contributed by atoms with E-state index in [1.807, 2.05) is 18.2 Å². The van der Waals surface area contributed by atoms with Crippen molar-refractivity contribution < 1.29 is 0 Å². The van der Waals surface area contributed by atoms with E-state index in [1.54, 1.807) is 12.3 Å². The summed E-state index contributed by atoms with van der Waals surface area (Å²) in [6.45, 7) is 0. The topological polar surface area (TPSA) is 60.7 Å². The van der Waals surface area contributed by atoms with Gasteiger partial charge in [0.25, 0.3) is 0 Å². The minimum Gasteiger partial charge on any atom is -0.307 e. The summed E-state index contributed by atoms with van der Waals surface area (Å²) in [5.74, 6) is 0.691. The van der Waals surface area contributed by atoms with E-state index in [1.165, 1.54) is 0 Å². The van der Waals surface area contributed by atoms with Crippen LogP contribution in [-0.4, -0.2) is 4.98 Å². The summed E-state index contributed by atoms with van der Waals surface area (Å²) >= 11 is 0. The first-order valence-electron chi connectivity index (χ1n) is 3.49. The predicted molar refractivity (Wildman–Crippen MR) is 44.7 cm³/mol. The van der Waals surface area contributed by atoms with Crippen LogP contribution in [-0.2, 0) is 0 Å². The number of rotatable bonds is 0. The molecule has 2 N–H and O–H groups in total. The van der Waals surface area contributed by atoms with E-state index in [-0.39, 0.29) is 0 Å². The van der Waals surface area contributed by atoms with Crippen molar-refractivity contribution in [1.29, 1.82) is 5.26 Å². The molecular weight excluding hydrogens is 152 g/mol. The Hall–Kier alpha value is -2.02. The third-order valence-electron chi connectivity index (χ3n) is 1.58. The Morgan fingerprint density at radius 3 is 3.17 bits per heavy atom. The molecule has 0 radical (unpaired) electrons. The molecule has 1 aromatic rings. The molecule has 0 unspecified atom stereocenters. The molecule has 0 saturated heterocycles. The van der Waals surface area contributed by atoms with Crippen LogP contribution in [0.15, 0.2) is 18.3 Å². The fraction of sp³-hybridized carbons (Fsp3) is 0. The van der Waals surface area contributed by atoms with Crippen molar-refractivity contribution in [2.75, 3.05) is 5.43 Å². The Balaban J connectivity index is 2.53. The Labute approximate surface area is 69.5 Å². The van der Waals surface area contributed by atoms with E-state index in [9.17, 15) is 0 Å². The second-order valence-electron chi connectivity index (χ2n) is 2.35. The molecule has 0 atom stereocenters. The number of hydrogen-bond donors (Lipinski definition) is 2. The molecule has 58 valence electrons. The van der Waals surface area contributed by atoms with Gasteiger partial charge in [-0.1, -0.05) is 0 Å². The molecule has 12 heavy (non-hydrogen) atoms. The molecule has 4 nitrogen and oxygen atoms in total. The van der Waals surface area contributed by atoms with Crippen LogP contribution < -0.4 is 10.9 Å². The fourth-order valence-electron chi connectivity index (χ4n) is 1.01. The van der Waals surface area contributed by atoms with Gasteiger partial charge in [0.05, 0.1) is 0 Å². The van der Waals surface area contributed by atoms with Crippen molar-refractivity contribution >= 4 is 11.9 Å². The van der Waals surface area contributed by atoms with Gasteiger partial charge in [0.15, 0.2) is 5.82 Å². The number of fused-ring (bicyclic) bond motifs is 1. The largest absolute Gasteiger partial charge is 0.307 e. The Bertz CT molecular complexity index is 375. The summed E-state index contributed by atoms with van der Waals surface area (Å²) in [4.78, 5) is 4.05. The second-order valence-corrected chi connectivity index (χ2v) is 2.35. The van der Waals surface area contributed by atoms with Crippen molar-refractivity contribution in [1.82, 2.24) is 10.4 Å². The van der Waals surface area contributed by atoms with E-state index < -0.39 is 0 Å². The van der Waals surface area contributed by atoms with Crippen LogP contribution >= 0.6 is 0 Å². The Kier molecular flexibility index (Phi) is 1.42. The smallest absolute Gasteiger partial charge is 0.153 e. The first-order chi connectivity index (χ1) is 5.90. The summed E-state index contributed by atoms with van der Waals surface area (Å²) in [5.41, 5.74) is 7.02. The van der Waals surface area contributed by atoms with Crippen LogP contribution in [0.2, 0.25) is 0 Å². The van der Waals surface area contributed by atoms with Gasteiger partial charge >= 0.3 is 0 Å². The summed E-state index contributed by atoms with van der Waals surface area (Å²) in [7, 11) is 0. The average Bonchev–Trinajstić information content (AvgIpc) is 2.17. The van der Waals surface area contributed by atoms with Gasteiger partial charge in [0, 0.05) is 11.8 Å². The number of nitrogens with one attached hydrogen (secondary N) is 2. The van der Waals surface area contributed by atoms with Gasteiger partial charge in [0.2, 0.25) is 0 Å². The molecule has 0 amide bonds. The van der Waals surface area contributed by atoms with Crippen LogP contribution in [0.1, 0.15) is 11.3 Å². The minimum atomic E-state index is 0.415. The van der Waals surface area contributed by atoms with E-state index in [4.69, 9.17) is 5.26 Å². The van der Waals surface area contributed by atoms with Crippen LogP contribution in [0.3, 0.4) is 0 Å². The molecule has 0 spiro atoms. The SMILES string of the molecule is N#Cc1ccc2c(n1)NNC=C2. The molecule has 1 aliphatic rings.